The van der Waals surface area contributed by atoms with E-state index >= 15 is 0 Å². The smallest absolute Gasteiger partial charge is 0.374 e. The van der Waals surface area contributed by atoms with Gasteiger partial charge in [-0.05, 0) is 13.0 Å². The minimum Gasteiger partial charge on any atom is -0.501 e. The first-order chi connectivity index (χ1) is 9.19. The maximum atomic E-state index is 11.5. The van der Waals surface area contributed by atoms with Gasteiger partial charge in [-0.3, -0.25) is 0 Å². The lowest BCUT2D eigenvalue weighted by atomic mass is 10.0. The fourth-order valence-corrected chi connectivity index (χ4v) is 1.82. The Morgan fingerprint density at radius 2 is 2.21 bits per heavy atom. The highest BCUT2D eigenvalue weighted by atomic mass is 16.5. The van der Waals surface area contributed by atoms with E-state index in [2.05, 4.69) is 9.72 Å². The highest BCUT2D eigenvalue weighted by molar-refractivity contribution is 6.04. The number of nitrogens with one attached hydrogen (secondary N) is 1. The zero-order valence-corrected chi connectivity index (χ0v) is 10.3. The van der Waals surface area contributed by atoms with Gasteiger partial charge in [-0.15, -0.1) is 0 Å². The lowest BCUT2D eigenvalue weighted by Crippen LogP contribution is -2.09. The molecule has 2 aromatic rings. The molecule has 0 spiro atoms. The number of H-pyrrole nitrogens is 1. The average molecular weight is 256 g/mol. The maximum Gasteiger partial charge on any atom is 0.374 e. The number of fused-ring (bicyclic) bond motifs is 1. The topological polar surface area (TPSA) is 86.1 Å². The molecule has 0 unspecified atom stereocenters. The van der Waals surface area contributed by atoms with Crippen LogP contribution in [0.4, 0.5) is 0 Å². The Bertz CT molecular complexity index is 692. The molecule has 96 valence electrons. The molecule has 5 heteroatoms. The number of aromatic amines is 1. The maximum absolute atomic E-state index is 11.5. The molecule has 0 amide bonds. The van der Waals surface area contributed by atoms with Gasteiger partial charge in [-0.25, -0.2) is 4.79 Å². The van der Waals surface area contributed by atoms with Crippen molar-refractivity contribution in [3.8, 4) is 6.07 Å². The van der Waals surface area contributed by atoms with E-state index in [-0.39, 0.29) is 12.2 Å². The van der Waals surface area contributed by atoms with Crippen LogP contribution in [0.2, 0.25) is 0 Å². The number of allylic oxidation sites excluding steroid dienone is 1. The van der Waals surface area contributed by atoms with Gasteiger partial charge >= 0.3 is 5.97 Å². The van der Waals surface area contributed by atoms with Gasteiger partial charge in [0.05, 0.1) is 6.61 Å². The molecule has 1 heterocycles. The standard InChI is InChI=1S/C14H12N2O3/c1-2-19-14(18)13(17)10(7-15)11-8-16-12-6-4-3-5-9(11)12/h3-6,8,16-17H,2H2,1H3/b13-10-. The third kappa shape index (κ3) is 2.29. The number of carbonyl (C=O) groups excluding carboxylic acids is 1. The molecule has 0 aliphatic rings. The lowest BCUT2D eigenvalue weighted by molar-refractivity contribution is -0.141. The SMILES string of the molecule is CCOC(=O)/C(O)=C(\C#N)c1c[nH]c2ccccc12. The molecule has 1 aromatic heterocycles. The molecular weight excluding hydrogens is 244 g/mol. The lowest BCUT2D eigenvalue weighted by Gasteiger charge is -2.03. The molecule has 0 radical (unpaired) electrons. The van der Waals surface area contributed by atoms with Crippen molar-refractivity contribution >= 4 is 22.4 Å². The molecule has 5 nitrogen and oxygen atoms in total. The Morgan fingerprint density at radius 1 is 1.47 bits per heavy atom. The molecule has 19 heavy (non-hydrogen) atoms. The average Bonchev–Trinajstić information content (AvgIpc) is 2.84. The van der Waals surface area contributed by atoms with E-state index in [9.17, 15) is 9.90 Å². The Labute approximate surface area is 109 Å². The van der Waals surface area contributed by atoms with Crippen LogP contribution in [0.15, 0.2) is 36.2 Å². The number of nitrogens with zero attached hydrogens (tertiary/aromatic N) is 1. The van der Waals surface area contributed by atoms with Crippen molar-refractivity contribution in [2.24, 2.45) is 0 Å². The summed E-state index contributed by atoms with van der Waals surface area (Å²) >= 11 is 0. The van der Waals surface area contributed by atoms with Gasteiger partial charge < -0.3 is 14.8 Å². The Balaban J connectivity index is 2.57. The molecule has 0 aliphatic heterocycles. The van der Waals surface area contributed by atoms with Crippen molar-refractivity contribution in [1.29, 1.82) is 5.26 Å². The van der Waals surface area contributed by atoms with Crippen LogP contribution in [0.3, 0.4) is 0 Å². The first kappa shape index (κ1) is 12.7. The van der Waals surface area contributed by atoms with E-state index in [1.54, 1.807) is 19.2 Å². The number of para-hydroxylation sites is 1. The molecule has 2 N–H and O–H groups in total. The Hall–Kier alpha value is -2.74. The predicted octanol–water partition coefficient (Wildman–Crippen LogP) is 2.52. The van der Waals surface area contributed by atoms with Gasteiger partial charge in [0.1, 0.15) is 11.6 Å². The number of hydrogen-bond acceptors (Lipinski definition) is 4. The van der Waals surface area contributed by atoms with Crippen LogP contribution >= 0.6 is 0 Å². The number of esters is 1. The normalized spacial score (nSPS) is 11.8. The molecule has 0 bridgehead atoms. The number of benzene rings is 1. The zero-order valence-electron chi connectivity index (χ0n) is 10.3. The fraction of sp³-hybridized carbons (Fsp3) is 0.143. The van der Waals surface area contributed by atoms with E-state index in [0.29, 0.717) is 5.56 Å². The summed E-state index contributed by atoms with van der Waals surface area (Å²) in [6, 6.07) is 9.16. The van der Waals surface area contributed by atoms with Gasteiger partial charge in [-0.2, -0.15) is 5.26 Å². The van der Waals surface area contributed by atoms with Crippen LogP contribution < -0.4 is 0 Å². The summed E-state index contributed by atoms with van der Waals surface area (Å²) < 4.78 is 4.69. The molecule has 2 rings (SSSR count). The van der Waals surface area contributed by atoms with Gasteiger partial charge in [-0.1, -0.05) is 18.2 Å². The third-order valence-corrected chi connectivity index (χ3v) is 2.68. The van der Waals surface area contributed by atoms with Crippen LogP contribution in [0.5, 0.6) is 0 Å². The first-order valence-electron chi connectivity index (χ1n) is 5.76. The fourth-order valence-electron chi connectivity index (χ4n) is 1.82. The number of carbonyl (C=O) groups is 1. The molecular formula is C14H12N2O3. The van der Waals surface area contributed by atoms with Crippen molar-refractivity contribution < 1.29 is 14.6 Å². The minimum absolute atomic E-state index is 0.101. The van der Waals surface area contributed by atoms with Crippen molar-refractivity contribution in [1.82, 2.24) is 4.98 Å². The quantitative estimate of drug-likeness (QED) is 0.382. The van der Waals surface area contributed by atoms with Crippen LogP contribution in [0.25, 0.3) is 16.5 Å². The van der Waals surface area contributed by atoms with E-state index < -0.39 is 11.7 Å². The van der Waals surface area contributed by atoms with Gasteiger partial charge in [0.25, 0.3) is 0 Å². The summed E-state index contributed by atoms with van der Waals surface area (Å²) in [5.74, 6) is -1.57. The van der Waals surface area contributed by atoms with E-state index in [0.717, 1.165) is 10.9 Å². The number of nitriles is 1. The Morgan fingerprint density at radius 3 is 2.89 bits per heavy atom. The monoisotopic (exact) mass is 256 g/mol. The second-order valence-corrected chi connectivity index (χ2v) is 3.80. The number of rotatable bonds is 3. The molecule has 0 saturated carbocycles. The van der Waals surface area contributed by atoms with Crippen LogP contribution in [0.1, 0.15) is 12.5 Å². The molecule has 0 fully saturated rings. The molecule has 0 saturated heterocycles. The highest BCUT2D eigenvalue weighted by Crippen LogP contribution is 2.26. The van der Waals surface area contributed by atoms with Crippen molar-refractivity contribution in [3.05, 3.63) is 41.8 Å². The number of ether oxygens (including phenoxy) is 1. The van der Waals surface area contributed by atoms with E-state index in [4.69, 9.17) is 5.26 Å². The Kier molecular flexibility index (Phi) is 3.53. The van der Waals surface area contributed by atoms with Crippen LogP contribution in [-0.2, 0) is 9.53 Å². The number of aromatic nitrogens is 1. The predicted molar refractivity (Wildman–Crippen MR) is 70.1 cm³/mol. The molecule has 1 aromatic carbocycles. The van der Waals surface area contributed by atoms with Gasteiger partial charge in [0.15, 0.2) is 0 Å². The molecule has 0 atom stereocenters. The number of aliphatic hydroxyl groups excluding tert-OH is 1. The first-order valence-corrected chi connectivity index (χ1v) is 5.76. The summed E-state index contributed by atoms with van der Waals surface area (Å²) in [6.07, 6.45) is 1.58. The summed E-state index contributed by atoms with van der Waals surface area (Å²) in [4.78, 5) is 14.5. The number of aliphatic hydroxyl groups is 1. The minimum atomic E-state index is -0.899. The van der Waals surface area contributed by atoms with E-state index in [1.807, 2.05) is 24.3 Å². The van der Waals surface area contributed by atoms with Gasteiger partial charge in [0, 0.05) is 22.7 Å². The largest absolute Gasteiger partial charge is 0.501 e. The summed E-state index contributed by atoms with van der Waals surface area (Å²) in [7, 11) is 0. The van der Waals surface area contributed by atoms with Crippen molar-refractivity contribution in [3.63, 3.8) is 0 Å². The second-order valence-electron chi connectivity index (χ2n) is 3.80. The summed E-state index contributed by atoms with van der Waals surface area (Å²) in [5, 5.41) is 19.7. The highest BCUT2D eigenvalue weighted by Gasteiger charge is 2.19. The summed E-state index contributed by atoms with van der Waals surface area (Å²) in [5.41, 5.74) is 1.20. The zero-order chi connectivity index (χ0) is 13.8. The second kappa shape index (κ2) is 5.27. The number of hydrogen-bond donors (Lipinski definition) is 2. The van der Waals surface area contributed by atoms with Crippen LogP contribution in [0, 0.1) is 11.3 Å². The summed E-state index contributed by atoms with van der Waals surface area (Å²) in [6.45, 7) is 1.76. The third-order valence-electron chi connectivity index (χ3n) is 2.68. The van der Waals surface area contributed by atoms with Crippen molar-refractivity contribution in [2.75, 3.05) is 6.61 Å². The van der Waals surface area contributed by atoms with Gasteiger partial charge in [0.2, 0.25) is 5.76 Å². The van der Waals surface area contributed by atoms with Crippen LogP contribution in [-0.4, -0.2) is 22.7 Å². The van der Waals surface area contributed by atoms with Crippen molar-refractivity contribution in [2.45, 2.75) is 6.92 Å². The molecule has 0 aliphatic carbocycles. The van der Waals surface area contributed by atoms with E-state index in [1.165, 1.54) is 0 Å².